The number of carboxylic acids is 4. The number of amides is 1. The zero-order valence-corrected chi connectivity index (χ0v) is 55.4. The van der Waals surface area contributed by atoms with Crippen LogP contribution in [0.2, 0.25) is 0 Å². The minimum absolute atomic E-state index is 0.0997. The van der Waals surface area contributed by atoms with E-state index in [1.165, 1.54) is 48.5 Å². The van der Waals surface area contributed by atoms with E-state index in [1.54, 1.807) is 0 Å². The van der Waals surface area contributed by atoms with Gasteiger partial charge in [-0.15, -0.1) is 18.9 Å². The van der Waals surface area contributed by atoms with Crippen LogP contribution in [0.4, 0.5) is 86.9 Å². The summed E-state index contributed by atoms with van der Waals surface area (Å²) in [5, 5.41) is 142. The van der Waals surface area contributed by atoms with Crippen LogP contribution in [0.25, 0.3) is 21.5 Å². The van der Waals surface area contributed by atoms with Crippen LogP contribution in [-0.2, 0) is 39.0 Å². The van der Waals surface area contributed by atoms with Crippen LogP contribution in [0.15, 0.2) is 161 Å². The molecule has 0 spiro atoms. The summed E-state index contributed by atoms with van der Waals surface area (Å²) in [6, 6.07) is 23.3. The van der Waals surface area contributed by atoms with Crippen molar-refractivity contribution in [3.05, 3.63) is 149 Å². The van der Waals surface area contributed by atoms with E-state index in [0.717, 1.165) is 72.8 Å². The molecule has 10 rings (SSSR count). The number of aliphatic hydroxyl groups excluding tert-OH is 2. The summed E-state index contributed by atoms with van der Waals surface area (Å²) < 4.78 is 80.3. The fourth-order valence-corrected chi connectivity index (χ4v) is 11.5. The van der Waals surface area contributed by atoms with Crippen LogP contribution in [0.1, 0.15) is 51.8 Å². The molecule has 1 amide bonds. The highest BCUT2D eigenvalue weighted by molar-refractivity contribution is 7.95. The smallest absolute Gasteiger partial charge is 0.335 e. The number of fused-ring (bicyclic) bond motifs is 2. The number of anilines is 11. The summed E-state index contributed by atoms with van der Waals surface area (Å²) in [6.45, 7) is -1.02. The van der Waals surface area contributed by atoms with E-state index in [0.29, 0.717) is 5.69 Å². The molecule has 2 heterocycles. The van der Waals surface area contributed by atoms with Crippen LogP contribution >= 0.6 is 24.1 Å². The molecule has 0 aliphatic rings. The first kappa shape index (κ1) is 75.1. The number of rotatable bonds is 32. The van der Waals surface area contributed by atoms with E-state index >= 15 is 0 Å². The minimum atomic E-state index is -5.04. The number of aliphatic hydroxyl groups is 2. The molecule has 0 saturated heterocycles. The number of aromatic nitrogens is 6. The van der Waals surface area contributed by atoms with Crippen molar-refractivity contribution in [3.63, 3.8) is 0 Å². The van der Waals surface area contributed by atoms with Gasteiger partial charge in [-0.2, -0.15) is 57.0 Å². The number of hydrogen-bond acceptors (Lipinski definition) is 37. The molecule has 0 saturated carbocycles. The summed E-state index contributed by atoms with van der Waals surface area (Å²) in [6.07, 6.45) is 0. The first-order chi connectivity index (χ1) is 50.1. The third kappa shape index (κ3) is 18.8. The molecule has 0 fully saturated rings. The van der Waals surface area contributed by atoms with Crippen LogP contribution in [0.5, 0.6) is 11.5 Å². The van der Waals surface area contributed by atoms with Gasteiger partial charge in [-0.3, -0.25) is 13.9 Å². The number of phenolic OH excluding ortho intramolecular Hbond substituents is 2. The lowest BCUT2D eigenvalue weighted by atomic mass is 10.1. The maximum Gasteiger partial charge on any atom is 0.335 e. The highest BCUT2D eigenvalue weighted by Gasteiger charge is 2.26. The Morgan fingerprint density at radius 1 is 0.429 bits per heavy atom. The molecule has 42 nitrogen and oxygen atoms in total. The van der Waals surface area contributed by atoms with E-state index in [2.05, 4.69) is 106 Å². The van der Waals surface area contributed by atoms with Crippen molar-refractivity contribution >= 4 is 183 Å². The molecule has 0 bridgehead atoms. The van der Waals surface area contributed by atoms with Gasteiger partial charge in [0, 0.05) is 46.5 Å². The van der Waals surface area contributed by atoms with E-state index in [1.807, 2.05) is 0 Å². The predicted molar refractivity (Wildman–Crippen MR) is 366 cm³/mol. The minimum Gasteiger partial charge on any atom is -0.505 e. The normalized spacial score (nSPS) is 11.6. The fraction of sp³-hybridized carbons (Fsp3) is 0.0678. The van der Waals surface area contributed by atoms with Gasteiger partial charge in [0.1, 0.15) is 11.4 Å². The van der Waals surface area contributed by atoms with Crippen LogP contribution < -0.4 is 37.2 Å². The summed E-state index contributed by atoms with van der Waals surface area (Å²) in [7, 11) is -10.1. The van der Waals surface area contributed by atoms with Crippen molar-refractivity contribution in [2.24, 2.45) is 20.5 Å². The molecule has 0 aliphatic carbocycles. The second kappa shape index (κ2) is 32.6. The molecule has 8 aromatic carbocycles. The Labute approximate surface area is 593 Å². The quantitative estimate of drug-likeness (QED) is 0.00613. The molecule has 542 valence electrons. The van der Waals surface area contributed by atoms with Gasteiger partial charge in [-0.25, -0.2) is 29.7 Å². The predicted octanol–water partition coefficient (Wildman–Crippen LogP) is 9.78. The average Bonchev–Trinajstić information content (AvgIpc) is 0.760. The summed E-state index contributed by atoms with van der Waals surface area (Å²) in [4.78, 5) is 84.9. The van der Waals surface area contributed by atoms with Crippen molar-refractivity contribution in [1.29, 1.82) is 0 Å². The third-order valence-electron chi connectivity index (χ3n) is 13.9. The number of hydrogen-bond donors (Lipinski definition) is 19. The van der Waals surface area contributed by atoms with Crippen molar-refractivity contribution in [2.45, 2.75) is 19.6 Å². The maximum atomic E-state index is 13.7. The van der Waals surface area contributed by atoms with Gasteiger partial charge < -0.3 is 78.1 Å². The number of aromatic carboxylic acids is 4. The molecular weight excluding hydrogens is 1480 g/mol. The molecule has 2 aromatic heterocycles. The van der Waals surface area contributed by atoms with Gasteiger partial charge in [-0.05, 0) is 132 Å². The molecule has 46 heteroatoms. The second-order valence-electron chi connectivity index (χ2n) is 20.9. The second-order valence-corrected chi connectivity index (χ2v) is 25.2. The Balaban J connectivity index is 0.886. The molecule has 0 atom stereocenters. The molecular formula is C59H47N17O25S4. The first-order valence-corrected chi connectivity index (χ1v) is 33.2. The Morgan fingerprint density at radius 2 is 0.771 bits per heavy atom. The van der Waals surface area contributed by atoms with E-state index in [4.69, 9.17) is 10.5 Å². The number of carboxylic acid groups (broad SMARTS) is 4. The van der Waals surface area contributed by atoms with Crippen molar-refractivity contribution in [1.82, 2.24) is 29.9 Å². The summed E-state index contributed by atoms with van der Waals surface area (Å²) in [5.41, 5.74) is -3.27. The van der Waals surface area contributed by atoms with Crippen LogP contribution in [0.3, 0.4) is 0 Å². The monoisotopic (exact) mass is 1520 g/mol. The average molecular weight is 1520 g/mol. The molecule has 10 aromatic rings. The number of nitrogens with zero attached hydrogens (tertiary/aromatic N) is 10. The van der Waals surface area contributed by atoms with Crippen LogP contribution in [0, 0.1) is 0 Å². The molecule has 0 unspecified atom stereocenters. The first-order valence-electron chi connectivity index (χ1n) is 28.9. The Morgan fingerprint density at radius 3 is 1.11 bits per heavy atom. The lowest BCUT2D eigenvalue weighted by molar-refractivity contribution is -0.432. The van der Waals surface area contributed by atoms with Gasteiger partial charge in [0.05, 0.1) is 102 Å². The van der Waals surface area contributed by atoms with Gasteiger partial charge in [0.2, 0.25) is 35.7 Å². The SMILES string of the molecule is O=C(O)c1cc(N=Nc2c(SOOO)cc3cc(S(=O)(=O)O)cc(Nc4nc(NCCO)nc(Nc5ccc(NC(=O)c6ccc(Nc7nc(NCCO)nc(Nc8cc(S(=O)(=O)O)cc9cc(SOOO)c(N=Nc%10cc(C(=O)O)cc(C(=O)O)c%10)c(O)c89)n7)cc6)cc5)n4)c3c2O)cc(C(=O)O)c1. The van der Waals surface area contributed by atoms with Gasteiger partial charge in [0.25, 0.3) is 26.1 Å². The molecule has 0 aliphatic heterocycles. The van der Waals surface area contributed by atoms with E-state index in [-0.39, 0.29) is 144 Å². The topological polar surface area (TPSA) is 644 Å². The van der Waals surface area contributed by atoms with E-state index < -0.39 is 118 Å². The zero-order valence-electron chi connectivity index (χ0n) is 52.2. The highest BCUT2D eigenvalue weighted by Crippen LogP contribution is 2.50. The van der Waals surface area contributed by atoms with Crippen molar-refractivity contribution in [2.75, 3.05) is 63.5 Å². The molecule has 105 heavy (non-hydrogen) atoms. The highest BCUT2D eigenvalue weighted by atomic mass is 32.2. The standard InChI is InChI=1S/C59H47N17O25S4/c77-11-9-60-54-67-56(71-58(69-54)65-39-23-37(104(92,93)94)19-26-21-41(102-100-98-90)45(47(79)43(26)39)75-73-35-15-28(50(82)83)13-29(16-35)51(84)85)63-33-3-1-25(2-4-33)49(81)62-32-5-7-34(8-6-32)64-57-68-55(61-10-12-78)70-59(72-57)66-40-24-38(105(95,96)97)20-27-22-42(103-101-99-91)46(48(80)44(27)40)76-74-36-17-30(52(86)87)14-31(18-36)53(88)89/h1-8,13-24,77-80,90-91H,9-12H2,(H,62,81)(H,82,83)(H,84,85)(H,86,87)(H,88,89)(H,92,93,94)(H,95,96,97)(H3,60,63,65,67,69,71)(H3,61,64,66,68,70,72). The van der Waals surface area contributed by atoms with Gasteiger partial charge in [0.15, 0.2) is 11.5 Å². The number of azo groups is 2. The fourth-order valence-electron chi connectivity index (χ4n) is 9.40. The summed E-state index contributed by atoms with van der Waals surface area (Å²) in [5.74, 6) is -9.78. The molecule has 19 N–H and O–H groups in total. The van der Waals surface area contributed by atoms with Crippen molar-refractivity contribution in [3.8, 4) is 11.5 Å². The molecule has 0 radical (unpaired) electrons. The number of phenols is 2. The Bertz CT molecular complexity index is 5340. The third-order valence-corrected chi connectivity index (χ3v) is 16.8. The Hall–Kier alpha value is -12.6. The largest absolute Gasteiger partial charge is 0.505 e. The lowest BCUT2D eigenvalue weighted by Crippen LogP contribution is -2.13. The zero-order chi connectivity index (χ0) is 75.4. The number of benzene rings is 8. The van der Waals surface area contributed by atoms with Gasteiger partial charge in [-0.1, -0.05) is 10.1 Å². The number of aromatic hydroxyl groups is 2. The van der Waals surface area contributed by atoms with Gasteiger partial charge >= 0.3 is 23.9 Å². The number of nitrogens with one attached hydrogen (secondary N) is 7. The van der Waals surface area contributed by atoms with Crippen molar-refractivity contribution < 1.29 is 120 Å². The number of carbonyl (C=O) groups excluding carboxylic acids is 1. The lowest BCUT2D eigenvalue weighted by Gasteiger charge is -2.16. The maximum absolute atomic E-state index is 13.7. The van der Waals surface area contributed by atoms with Crippen LogP contribution in [-0.4, -0.2) is 163 Å². The van der Waals surface area contributed by atoms with E-state index in [9.17, 15) is 90.8 Å². The number of carbonyl (C=O) groups is 5. The summed E-state index contributed by atoms with van der Waals surface area (Å²) >= 11 is 0.432. The Kier molecular flexibility index (Phi) is 23.3.